The maximum atomic E-state index is 12.6. The van der Waals surface area contributed by atoms with Crippen LogP contribution >= 0.6 is 0 Å². The molecule has 1 aromatic carbocycles. The lowest BCUT2D eigenvalue weighted by Gasteiger charge is -2.37. The molecule has 1 aliphatic heterocycles. The van der Waals surface area contributed by atoms with E-state index in [0.717, 1.165) is 12.0 Å². The summed E-state index contributed by atoms with van der Waals surface area (Å²) in [4.78, 5) is 25.9. The van der Waals surface area contributed by atoms with Crippen molar-refractivity contribution in [3.8, 4) is 0 Å². The molecule has 1 aromatic rings. The molecule has 0 saturated carbocycles. The summed E-state index contributed by atoms with van der Waals surface area (Å²) < 4.78 is 0. The quantitative estimate of drug-likeness (QED) is 0.671. The van der Waals surface area contributed by atoms with Gasteiger partial charge in [0.1, 0.15) is 6.04 Å². The van der Waals surface area contributed by atoms with Crippen molar-refractivity contribution in [2.45, 2.75) is 44.9 Å². The first-order valence-electron chi connectivity index (χ1n) is 8.54. The highest BCUT2D eigenvalue weighted by atomic mass is 16.3. The second-order valence-corrected chi connectivity index (χ2v) is 6.24. The van der Waals surface area contributed by atoms with E-state index in [4.69, 9.17) is 0 Å². The van der Waals surface area contributed by atoms with Crippen LogP contribution in [0.15, 0.2) is 30.3 Å². The highest BCUT2D eigenvalue weighted by molar-refractivity contribution is 5.83. The van der Waals surface area contributed by atoms with E-state index < -0.39 is 18.2 Å². The van der Waals surface area contributed by atoms with Gasteiger partial charge in [0.2, 0.25) is 11.8 Å². The van der Waals surface area contributed by atoms with E-state index in [1.54, 1.807) is 4.90 Å². The van der Waals surface area contributed by atoms with E-state index in [1.807, 2.05) is 37.3 Å². The van der Waals surface area contributed by atoms with Gasteiger partial charge in [-0.25, -0.2) is 0 Å². The first-order chi connectivity index (χ1) is 11.5. The Kier molecular flexibility index (Phi) is 6.75. The molecule has 3 N–H and O–H groups in total. The van der Waals surface area contributed by atoms with E-state index in [9.17, 15) is 14.7 Å². The molecule has 6 nitrogen and oxygen atoms in total. The van der Waals surface area contributed by atoms with Gasteiger partial charge in [-0.15, -0.1) is 0 Å². The number of piperazine rings is 1. The minimum Gasteiger partial charge on any atom is -0.389 e. The first kappa shape index (κ1) is 18.4. The van der Waals surface area contributed by atoms with Gasteiger partial charge in [0.25, 0.3) is 0 Å². The molecule has 0 bridgehead atoms. The van der Waals surface area contributed by atoms with Crippen molar-refractivity contribution in [3.05, 3.63) is 35.9 Å². The minimum absolute atomic E-state index is 0.0981. The molecule has 2 rings (SSSR count). The Morgan fingerprint density at radius 3 is 2.75 bits per heavy atom. The second-order valence-electron chi connectivity index (χ2n) is 6.24. The molecular formula is C18H27N3O3. The number of carbonyl (C=O) groups is 2. The van der Waals surface area contributed by atoms with Crippen molar-refractivity contribution < 1.29 is 14.7 Å². The highest BCUT2D eigenvalue weighted by Crippen LogP contribution is 2.13. The van der Waals surface area contributed by atoms with Crippen LogP contribution in [0.4, 0.5) is 0 Å². The van der Waals surface area contributed by atoms with Crippen LogP contribution in [0.1, 0.15) is 25.8 Å². The van der Waals surface area contributed by atoms with Crippen molar-refractivity contribution in [1.82, 2.24) is 15.5 Å². The fraction of sp³-hybridized carbons (Fsp3) is 0.556. The maximum Gasteiger partial charge on any atom is 0.242 e. The van der Waals surface area contributed by atoms with Crippen LogP contribution in [-0.2, 0) is 16.0 Å². The van der Waals surface area contributed by atoms with Gasteiger partial charge in [-0.3, -0.25) is 9.59 Å². The molecule has 0 aliphatic carbocycles. The highest BCUT2D eigenvalue weighted by Gasteiger charge is 2.37. The number of aliphatic hydroxyl groups excluding tert-OH is 1. The molecule has 1 saturated heterocycles. The average Bonchev–Trinajstić information content (AvgIpc) is 2.56. The molecular weight excluding hydrogens is 306 g/mol. The Morgan fingerprint density at radius 1 is 1.42 bits per heavy atom. The van der Waals surface area contributed by atoms with Gasteiger partial charge >= 0.3 is 0 Å². The Balaban J connectivity index is 2.12. The summed E-state index contributed by atoms with van der Waals surface area (Å²) in [5.74, 6) is -0.317. The summed E-state index contributed by atoms with van der Waals surface area (Å²) in [7, 11) is 0. The Hall–Kier alpha value is -1.92. The molecule has 1 aliphatic rings. The van der Waals surface area contributed by atoms with E-state index in [-0.39, 0.29) is 11.8 Å². The van der Waals surface area contributed by atoms with Crippen LogP contribution < -0.4 is 10.6 Å². The third-order valence-corrected chi connectivity index (χ3v) is 4.26. The zero-order valence-corrected chi connectivity index (χ0v) is 14.4. The van der Waals surface area contributed by atoms with Gasteiger partial charge < -0.3 is 20.6 Å². The van der Waals surface area contributed by atoms with Crippen LogP contribution in [-0.4, -0.2) is 59.6 Å². The standard InChI is InChI=1S/C18H27N3O3/c1-3-10-21-11-9-19-16(18(21)24)17(23)15(20-13(2)22)12-14-7-5-4-6-8-14/h4-8,15-17,19,23H,3,9-12H2,1-2H3,(H,20,22)/t15-,16?,17-/m0/s1. The smallest absolute Gasteiger partial charge is 0.242 e. The largest absolute Gasteiger partial charge is 0.389 e. The topological polar surface area (TPSA) is 81.7 Å². The summed E-state index contributed by atoms with van der Waals surface area (Å²) in [6.45, 7) is 5.43. The molecule has 3 atom stereocenters. The van der Waals surface area contributed by atoms with Crippen LogP contribution in [0, 0.1) is 0 Å². The Bertz CT molecular complexity index is 548. The number of carbonyl (C=O) groups excluding carboxylic acids is 2. The maximum absolute atomic E-state index is 12.6. The zero-order valence-electron chi connectivity index (χ0n) is 14.4. The molecule has 24 heavy (non-hydrogen) atoms. The fourth-order valence-corrected chi connectivity index (χ4v) is 3.13. The van der Waals surface area contributed by atoms with Crippen LogP contribution in [0.5, 0.6) is 0 Å². The molecule has 0 aromatic heterocycles. The van der Waals surface area contributed by atoms with E-state index in [2.05, 4.69) is 10.6 Å². The van der Waals surface area contributed by atoms with Crippen molar-refractivity contribution in [3.63, 3.8) is 0 Å². The Labute approximate surface area is 143 Å². The molecule has 132 valence electrons. The molecule has 0 radical (unpaired) electrons. The van der Waals surface area contributed by atoms with Gasteiger partial charge in [-0.05, 0) is 18.4 Å². The van der Waals surface area contributed by atoms with Gasteiger partial charge in [0, 0.05) is 26.6 Å². The van der Waals surface area contributed by atoms with Crippen LogP contribution in [0.25, 0.3) is 0 Å². The van der Waals surface area contributed by atoms with Gasteiger partial charge in [0.05, 0.1) is 12.1 Å². The van der Waals surface area contributed by atoms with E-state index in [0.29, 0.717) is 26.1 Å². The summed E-state index contributed by atoms with van der Waals surface area (Å²) >= 11 is 0. The lowest BCUT2D eigenvalue weighted by molar-refractivity contribution is -0.140. The van der Waals surface area contributed by atoms with E-state index in [1.165, 1.54) is 6.92 Å². The second kappa shape index (κ2) is 8.80. The zero-order chi connectivity index (χ0) is 17.5. The SMILES string of the molecule is CCCN1CCNC([C@@H](O)[C@H](Cc2ccccc2)NC(C)=O)C1=O. The number of hydrogen-bond donors (Lipinski definition) is 3. The summed E-state index contributed by atoms with van der Waals surface area (Å²) in [5, 5.41) is 16.7. The van der Waals surface area contributed by atoms with E-state index >= 15 is 0 Å². The molecule has 1 unspecified atom stereocenters. The summed E-state index contributed by atoms with van der Waals surface area (Å²) in [6, 6.07) is 8.43. The predicted octanol–water partition coefficient (Wildman–Crippen LogP) is 0.305. The van der Waals surface area contributed by atoms with Gasteiger partial charge in [0.15, 0.2) is 0 Å². The van der Waals surface area contributed by atoms with Crippen molar-refractivity contribution in [2.75, 3.05) is 19.6 Å². The monoisotopic (exact) mass is 333 g/mol. The molecule has 6 heteroatoms. The number of nitrogens with one attached hydrogen (secondary N) is 2. The van der Waals surface area contributed by atoms with Crippen molar-refractivity contribution >= 4 is 11.8 Å². The first-order valence-corrected chi connectivity index (χ1v) is 8.54. The molecule has 1 fully saturated rings. The number of nitrogens with zero attached hydrogens (tertiary/aromatic N) is 1. The molecule has 0 spiro atoms. The number of rotatable bonds is 7. The van der Waals surface area contributed by atoms with Crippen molar-refractivity contribution in [2.24, 2.45) is 0 Å². The lowest BCUT2D eigenvalue weighted by atomic mass is 9.94. The van der Waals surface area contributed by atoms with Crippen LogP contribution in [0.2, 0.25) is 0 Å². The van der Waals surface area contributed by atoms with Crippen molar-refractivity contribution in [1.29, 1.82) is 0 Å². The lowest BCUT2D eigenvalue weighted by Crippen LogP contribution is -2.64. The summed E-state index contributed by atoms with van der Waals surface area (Å²) in [5.41, 5.74) is 1.00. The molecule has 1 heterocycles. The fourth-order valence-electron chi connectivity index (χ4n) is 3.13. The average molecular weight is 333 g/mol. The van der Waals surface area contributed by atoms with Crippen LogP contribution in [0.3, 0.4) is 0 Å². The third-order valence-electron chi connectivity index (χ3n) is 4.26. The number of amides is 2. The number of hydrogen-bond acceptors (Lipinski definition) is 4. The van der Waals surface area contributed by atoms with Gasteiger partial charge in [-0.2, -0.15) is 0 Å². The summed E-state index contributed by atoms with van der Waals surface area (Å²) in [6.07, 6.45) is 0.371. The molecule has 2 amide bonds. The number of aliphatic hydroxyl groups is 1. The minimum atomic E-state index is -0.985. The number of benzene rings is 1. The Morgan fingerprint density at radius 2 is 2.12 bits per heavy atom. The normalized spacial score (nSPS) is 20.5. The van der Waals surface area contributed by atoms with Gasteiger partial charge in [-0.1, -0.05) is 37.3 Å². The third kappa shape index (κ3) is 4.79. The predicted molar refractivity (Wildman–Crippen MR) is 92.4 cm³/mol.